The lowest BCUT2D eigenvalue weighted by molar-refractivity contribution is -0.386. The first-order valence-corrected chi connectivity index (χ1v) is 5.87. The minimum atomic E-state index is -0.722. The maximum Gasteiger partial charge on any atom is 0.332 e. The highest BCUT2D eigenvalue weighted by Crippen LogP contribution is 2.19. The molecule has 0 atom stereocenters. The quantitative estimate of drug-likeness (QED) is 0.495. The van der Waals surface area contributed by atoms with Crippen LogP contribution in [0.3, 0.4) is 0 Å². The second kappa shape index (κ2) is 5.38. The minimum Gasteiger partial charge on any atom is -0.344 e. The van der Waals surface area contributed by atoms with Crippen LogP contribution in [0, 0.1) is 10.1 Å². The molecule has 0 amide bonds. The van der Waals surface area contributed by atoms with Crippen molar-refractivity contribution < 1.29 is 4.92 Å². The van der Waals surface area contributed by atoms with E-state index >= 15 is 0 Å². The Hall–Kier alpha value is -1.92. The van der Waals surface area contributed by atoms with E-state index in [-0.39, 0.29) is 11.7 Å². The fraction of sp³-hybridized carbons (Fsp3) is 0.0909. The van der Waals surface area contributed by atoms with Gasteiger partial charge in [-0.25, -0.2) is 4.98 Å². The van der Waals surface area contributed by atoms with Crippen LogP contribution in [0.25, 0.3) is 0 Å². The number of pyridine rings is 2. The third kappa shape index (κ3) is 3.10. The molecule has 0 unspecified atom stereocenters. The van der Waals surface area contributed by atoms with Crippen molar-refractivity contribution in [1.82, 2.24) is 9.55 Å². The first-order chi connectivity index (χ1) is 8.97. The largest absolute Gasteiger partial charge is 0.344 e. The van der Waals surface area contributed by atoms with Crippen LogP contribution in [0.4, 0.5) is 5.69 Å². The molecule has 8 heteroatoms. The predicted molar refractivity (Wildman–Crippen MR) is 70.7 cm³/mol. The Balaban J connectivity index is 2.36. The Morgan fingerprint density at radius 3 is 2.79 bits per heavy atom. The standard InChI is InChI=1S/C11H7Cl2N3O3/c12-8-3-11(13)14-4-7(8)5-15-2-1-10(17)9(6-15)16(18)19/h1-4,6H,5H2. The molecule has 0 radical (unpaired) electrons. The molecule has 19 heavy (non-hydrogen) atoms. The fourth-order valence-electron chi connectivity index (χ4n) is 1.50. The molecule has 0 spiro atoms. The zero-order chi connectivity index (χ0) is 14.0. The molecule has 0 aliphatic rings. The summed E-state index contributed by atoms with van der Waals surface area (Å²) >= 11 is 11.7. The van der Waals surface area contributed by atoms with Crippen molar-refractivity contribution in [3.8, 4) is 0 Å². The van der Waals surface area contributed by atoms with Gasteiger partial charge < -0.3 is 4.57 Å². The van der Waals surface area contributed by atoms with Crippen LogP contribution < -0.4 is 5.43 Å². The monoisotopic (exact) mass is 299 g/mol. The SMILES string of the molecule is O=c1ccn(Cc2cnc(Cl)cc2Cl)cc1[N+](=O)[O-]. The van der Waals surface area contributed by atoms with E-state index in [0.29, 0.717) is 10.6 Å². The summed E-state index contributed by atoms with van der Waals surface area (Å²) in [5, 5.41) is 11.3. The van der Waals surface area contributed by atoms with Crippen LogP contribution in [-0.4, -0.2) is 14.5 Å². The van der Waals surface area contributed by atoms with Crippen molar-refractivity contribution in [3.05, 3.63) is 66.8 Å². The molecule has 0 aromatic carbocycles. The normalized spacial score (nSPS) is 10.4. The topological polar surface area (TPSA) is 78.0 Å². The molecule has 2 aromatic rings. The Morgan fingerprint density at radius 1 is 1.42 bits per heavy atom. The predicted octanol–water partition coefficient (Wildman–Crippen LogP) is 2.51. The maximum atomic E-state index is 11.3. The molecule has 0 fully saturated rings. The summed E-state index contributed by atoms with van der Waals surface area (Å²) in [4.78, 5) is 25.1. The molecule has 0 saturated carbocycles. The highest BCUT2D eigenvalue weighted by molar-refractivity contribution is 6.34. The molecular formula is C11H7Cl2N3O3. The third-order valence-electron chi connectivity index (χ3n) is 2.40. The number of nitro groups is 1. The van der Waals surface area contributed by atoms with Gasteiger partial charge in [0.25, 0.3) is 5.43 Å². The number of hydrogen-bond acceptors (Lipinski definition) is 4. The molecule has 0 saturated heterocycles. The van der Waals surface area contributed by atoms with E-state index < -0.39 is 16.0 Å². The Kier molecular flexibility index (Phi) is 3.82. The molecule has 0 aliphatic heterocycles. The Labute approximate surface area is 117 Å². The molecular weight excluding hydrogens is 293 g/mol. The summed E-state index contributed by atoms with van der Waals surface area (Å²) in [5.41, 5.74) is -0.480. The van der Waals surface area contributed by atoms with E-state index in [2.05, 4.69) is 4.98 Å². The van der Waals surface area contributed by atoms with Crippen LogP contribution >= 0.6 is 23.2 Å². The van der Waals surface area contributed by atoms with Crippen LogP contribution in [0.2, 0.25) is 10.2 Å². The number of halogens is 2. The Bertz CT molecular complexity index is 700. The smallest absolute Gasteiger partial charge is 0.332 e. The number of nitrogens with zero attached hydrogens (tertiary/aromatic N) is 3. The summed E-state index contributed by atoms with van der Waals surface area (Å²) in [6, 6.07) is 2.62. The third-order valence-corrected chi connectivity index (χ3v) is 2.96. The molecule has 98 valence electrons. The van der Waals surface area contributed by atoms with Gasteiger partial charge in [0.2, 0.25) is 0 Å². The fourth-order valence-corrected chi connectivity index (χ4v) is 1.92. The maximum absolute atomic E-state index is 11.3. The van der Waals surface area contributed by atoms with Crippen molar-refractivity contribution in [1.29, 1.82) is 0 Å². The lowest BCUT2D eigenvalue weighted by atomic mass is 10.2. The van der Waals surface area contributed by atoms with E-state index in [0.717, 1.165) is 12.3 Å². The van der Waals surface area contributed by atoms with Crippen molar-refractivity contribution in [2.24, 2.45) is 0 Å². The summed E-state index contributed by atoms with van der Waals surface area (Å²) in [6.45, 7) is 0.254. The van der Waals surface area contributed by atoms with Crippen molar-refractivity contribution in [3.63, 3.8) is 0 Å². The highest BCUT2D eigenvalue weighted by atomic mass is 35.5. The molecule has 0 bridgehead atoms. The zero-order valence-electron chi connectivity index (χ0n) is 9.42. The van der Waals surface area contributed by atoms with E-state index in [4.69, 9.17) is 23.2 Å². The van der Waals surface area contributed by atoms with Gasteiger partial charge in [-0.15, -0.1) is 0 Å². The van der Waals surface area contributed by atoms with E-state index in [1.807, 2.05) is 0 Å². The highest BCUT2D eigenvalue weighted by Gasteiger charge is 2.12. The van der Waals surface area contributed by atoms with Gasteiger partial charge in [-0.05, 0) is 6.07 Å². The first-order valence-electron chi connectivity index (χ1n) is 5.12. The average molecular weight is 300 g/mol. The van der Waals surface area contributed by atoms with Gasteiger partial charge in [-0.2, -0.15) is 0 Å². The van der Waals surface area contributed by atoms with E-state index in [1.165, 1.54) is 23.0 Å². The van der Waals surface area contributed by atoms with Crippen molar-refractivity contribution in [2.45, 2.75) is 6.54 Å². The van der Waals surface area contributed by atoms with Gasteiger partial charge in [-0.3, -0.25) is 14.9 Å². The molecule has 2 heterocycles. The van der Waals surface area contributed by atoms with Gasteiger partial charge in [0.05, 0.1) is 22.7 Å². The van der Waals surface area contributed by atoms with E-state index in [1.54, 1.807) is 0 Å². The molecule has 2 aromatic heterocycles. The van der Waals surface area contributed by atoms with Gasteiger partial charge in [0.1, 0.15) is 5.15 Å². The summed E-state index contributed by atoms with van der Waals surface area (Å²) < 4.78 is 1.48. The van der Waals surface area contributed by atoms with Gasteiger partial charge in [0.15, 0.2) is 0 Å². The Morgan fingerprint density at radius 2 is 2.16 bits per heavy atom. The zero-order valence-corrected chi connectivity index (χ0v) is 10.9. The van der Waals surface area contributed by atoms with Crippen LogP contribution in [0.15, 0.2) is 35.5 Å². The molecule has 2 rings (SSSR count). The summed E-state index contributed by atoms with van der Waals surface area (Å²) in [6.07, 6.45) is 4.09. The average Bonchev–Trinajstić information content (AvgIpc) is 2.34. The van der Waals surface area contributed by atoms with Crippen LogP contribution in [0.5, 0.6) is 0 Å². The second-order valence-electron chi connectivity index (χ2n) is 3.72. The molecule has 0 N–H and O–H groups in total. The number of aromatic nitrogens is 2. The number of rotatable bonds is 3. The summed E-state index contributed by atoms with van der Waals surface area (Å²) in [7, 11) is 0. The second-order valence-corrected chi connectivity index (χ2v) is 4.52. The number of hydrogen-bond donors (Lipinski definition) is 0. The first kappa shape index (κ1) is 13.5. The van der Waals surface area contributed by atoms with E-state index in [9.17, 15) is 14.9 Å². The lowest BCUT2D eigenvalue weighted by Gasteiger charge is -2.07. The molecule has 0 aliphatic carbocycles. The van der Waals surface area contributed by atoms with Crippen LogP contribution in [0.1, 0.15) is 5.56 Å². The minimum absolute atomic E-state index is 0.254. The van der Waals surface area contributed by atoms with Gasteiger partial charge in [0, 0.05) is 24.0 Å². The molecule has 6 nitrogen and oxygen atoms in total. The lowest BCUT2D eigenvalue weighted by Crippen LogP contribution is -2.11. The van der Waals surface area contributed by atoms with Crippen molar-refractivity contribution >= 4 is 28.9 Å². The van der Waals surface area contributed by atoms with Gasteiger partial charge >= 0.3 is 5.69 Å². The van der Waals surface area contributed by atoms with Crippen molar-refractivity contribution in [2.75, 3.05) is 0 Å². The summed E-state index contributed by atoms with van der Waals surface area (Å²) in [5.74, 6) is 0. The van der Waals surface area contributed by atoms with Crippen LogP contribution in [-0.2, 0) is 6.54 Å². The van der Waals surface area contributed by atoms with Gasteiger partial charge in [-0.1, -0.05) is 23.2 Å².